The van der Waals surface area contributed by atoms with Crippen LogP contribution in [-0.2, 0) is 21.2 Å². The first-order valence-corrected chi connectivity index (χ1v) is 9.97. The van der Waals surface area contributed by atoms with Gasteiger partial charge in [0.15, 0.2) is 0 Å². The van der Waals surface area contributed by atoms with Crippen molar-refractivity contribution in [3.05, 3.63) is 59.2 Å². The largest absolute Gasteiger partial charge is 0.325 e. The molecule has 0 saturated carbocycles. The van der Waals surface area contributed by atoms with Gasteiger partial charge in [-0.3, -0.25) is 9.10 Å². The smallest absolute Gasteiger partial charge is 0.245 e. The zero-order chi connectivity index (χ0) is 19.3. The van der Waals surface area contributed by atoms with Crippen LogP contribution in [-0.4, -0.2) is 27.1 Å². The molecule has 0 spiro atoms. The molecule has 0 bridgehead atoms. The minimum absolute atomic E-state index is 0.323. The molecule has 0 aliphatic carbocycles. The Labute approximate surface area is 154 Å². The minimum Gasteiger partial charge on any atom is -0.325 e. The number of amides is 1. The van der Waals surface area contributed by atoms with Gasteiger partial charge in [-0.15, -0.1) is 0 Å². The predicted molar refractivity (Wildman–Crippen MR) is 103 cm³/mol. The molecule has 0 aromatic heterocycles. The Morgan fingerprint density at radius 1 is 1.19 bits per heavy atom. The molecule has 0 aliphatic rings. The summed E-state index contributed by atoms with van der Waals surface area (Å²) < 4.78 is 25.8. The fraction of sp³-hybridized carbons (Fsp3) is 0.263. The number of hydrogen-bond donors (Lipinski definition) is 1. The first-order valence-electron chi connectivity index (χ1n) is 8.12. The van der Waals surface area contributed by atoms with E-state index in [9.17, 15) is 13.2 Å². The van der Waals surface area contributed by atoms with E-state index < -0.39 is 15.9 Å². The first-order chi connectivity index (χ1) is 12.3. The van der Waals surface area contributed by atoms with Gasteiger partial charge in [-0.25, -0.2) is 8.42 Å². The van der Waals surface area contributed by atoms with E-state index >= 15 is 0 Å². The van der Waals surface area contributed by atoms with Crippen molar-refractivity contribution in [2.75, 3.05) is 22.4 Å². The zero-order valence-corrected chi connectivity index (χ0v) is 15.8. The highest BCUT2D eigenvalue weighted by molar-refractivity contribution is 7.92. The summed E-state index contributed by atoms with van der Waals surface area (Å²) >= 11 is 0. The molecule has 0 radical (unpaired) electrons. The third kappa shape index (κ3) is 4.61. The highest BCUT2D eigenvalue weighted by Gasteiger charge is 2.24. The first kappa shape index (κ1) is 19.5. The van der Waals surface area contributed by atoms with Crippen molar-refractivity contribution < 1.29 is 13.2 Å². The van der Waals surface area contributed by atoms with Crippen molar-refractivity contribution >= 4 is 27.3 Å². The van der Waals surface area contributed by atoms with Crippen molar-refractivity contribution in [2.45, 2.75) is 20.3 Å². The Morgan fingerprint density at radius 2 is 1.85 bits per heavy atom. The van der Waals surface area contributed by atoms with Crippen LogP contribution < -0.4 is 9.62 Å². The van der Waals surface area contributed by atoms with Gasteiger partial charge in [0.1, 0.15) is 6.54 Å². The van der Waals surface area contributed by atoms with E-state index in [4.69, 9.17) is 5.26 Å². The molecule has 7 heteroatoms. The fourth-order valence-corrected chi connectivity index (χ4v) is 3.63. The Morgan fingerprint density at radius 3 is 2.38 bits per heavy atom. The van der Waals surface area contributed by atoms with Crippen LogP contribution in [0.15, 0.2) is 42.5 Å². The van der Waals surface area contributed by atoms with Crippen molar-refractivity contribution in [1.29, 1.82) is 5.26 Å². The lowest BCUT2D eigenvalue weighted by molar-refractivity contribution is -0.114. The van der Waals surface area contributed by atoms with Crippen LogP contribution in [0.2, 0.25) is 0 Å². The Hall–Kier alpha value is -2.85. The summed E-state index contributed by atoms with van der Waals surface area (Å²) in [5.41, 5.74) is 3.19. The number of sulfonamides is 1. The number of hydrogen-bond acceptors (Lipinski definition) is 4. The summed E-state index contributed by atoms with van der Waals surface area (Å²) in [4.78, 5) is 12.4. The summed E-state index contributed by atoms with van der Waals surface area (Å²) in [7, 11) is -3.64. The number of aryl methyl sites for hydroxylation is 2. The number of anilines is 2. The van der Waals surface area contributed by atoms with Crippen molar-refractivity contribution in [3.8, 4) is 6.07 Å². The van der Waals surface area contributed by atoms with Crippen LogP contribution >= 0.6 is 0 Å². The molecule has 2 aromatic carbocycles. The van der Waals surface area contributed by atoms with Crippen molar-refractivity contribution in [2.24, 2.45) is 0 Å². The highest BCUT2D eigenvalue weighted by Crippen LogP contribution is 2.27. The zero-order valence-electron chi connectivity index (χ0n) is 15.0. The van der Waals surface area contributed by atoms with Gasteiger partial charge in [-0.2, -0.15) is 5.26 Å². The van der Waals surface area contributed by atoms with Gasteiger partial charge in [0.2, 0.25) is 15.9 Å². The van der Waals surface area contributed by atoms with E-state index in [0.717, 1.165) is 21.7 Å². The Bertz CT molecular complexity index is 945. The van der Waals surface area contributed by atoms with E-state index in [1.165, 1.54) is 0 Å². The summed E-state index contributed by atoms with van der Waals surface area (Å²) in [5.74, 6) is -0.453. The second-order valence-corrected chi connectivity index (χ2v) is 7.85. The summed E-state index contributed by atoms with van der Waals surface area (Å²) in [6.07, 6.45) is 1.74. The minimum atomic E-state index is -3.64. The molecule has 0 aliphatic heterocycles. The van der Waals surface area contributed by atoms with Crippen LogP contribution in [0.3, 0.4) is 0 Å². The maximum Gasteiger partial charge on any atom is 0.245 e. The Kier molecular flexibility index (Phi) is 6.01. The van der Waals surface area contributed by atoms with Gasteiger partial charge in [0.25, 0.3) is 0 Å². The lowest BCUT2D eigenvalue weighted by Gasteiger charge is -2.26. The average Bonchev–Trinajstić information content (AvgIpc) is 2.59. The molecule has 2 aromatic rings. The molecule has 2 rings (SSSR count). The molecule has 0 saturated heterocycles. The number of para-hydroxylation sites is 1. The number of rotatable bonds is 6. The number of benzene rings is 2. The predicted octanol–water partition coefficient (Wildman–Crippen LogP) is 2.83. The second kappa shape index (κ2) is 8.02. The normalized spacial score (nSPS) is 10.8. The molecule has 26 heavy (non-hydrogen) atoms. The molecule has 0 atom stereocenters. The third-order valence-electron chi connectivity index (χ3n) is 3.94. The molecule has 136 valence electrons. The number of nitrogens with zero attached hydrogens (tertiary/aromatic N) is 2. The van der Waals surface area contributed by atoms with Crippen LogP contribution in [0.4, 0.5) is 11.4 Å². The quantitative estimate of drug-likeness (QED) is 0.845. The summed E-state index contributed by atoms with van der Waals surface area (Å²) in [6.45, 7) is 3.44. The van der Waals surface area contributed by atoms with E-state index in [1.54, 1.807) is 24.3 Å². The van der Waals surface area contributed by atoms with E-state index in [0.29, 0.717) is 23.4 Å². The van der Waals surface area contributed by atoms with Gasteiger partial charge in [0.05, 0.1) is 23.6 Å². The van der Waals surface area contributed by atoms with Gasteiger partial charge in [-0.1, -0.05) is 25.1 Å². The number of nitriles is 1. The monoisotopic (exact) mass is 371 g/mol. The topological polar surface area (TPSA) is 90.3 Å². The lowest BCUT2D eigenvalue weighted by Crippen LogP contribution is -2.38. The molecular weight excluding hydrogens is 350 g/mol. The Balaban J connectivity index is 2.29. The van der Waals surface area contributed by atoms with Gasteiger partial charge < -0.3 is 5.32 Å². The van der Waals surface area contributed by atoms with Crippen molar-refractivity contribution in [3.63, 3.8) is 0 Å². The van der Waals surface area contributed by atoms with E-state index in [-0.39, 0.29) is 6.54 Å². The van der Waals surface area contributed by atoms with Gasteiger partial charge in [-0.05, 0) is 48.7 Å². The van der Waals surface area contributed by atoms with Gasteiger partial charge in [0, 0.05) is 5.69 Å². The molecule has 0 fully saturated rings. The van der Waals surface area contributed by atoms with E-state index in [2.05, 4.69) is 5.32 Å². The maximum atomic E-state index is 12.4. The number of carbonyl (C=O) groups excluding carboxylic acids is 1. The molecular formula is C19H21N3O3S. The molecule has 0 heterocycles. The van der Waals surface area contributed by atoms with Crippen LogP contribution in [0.5, 0.6) is 0 Å². The summed E-state index contributed by atoms with van der Waals surface area (Å²) in [6, 6.07) is 13.9. The van der Waals surface area contributed by atoms with Crippen LogP contribution in [0.25, 0.3) is 0 Å². The second-order valence-electron chi connectivity index (χ2n) is 5.94. The average molecular weight is 371 g/mol. The lowest BCUT2D eigenvalue weighted by atomic mass is 10.1. The third-order valence-corrected chi connectivity index (χ3v) is 5.05. The standard InChI is InChI=1S/C19H21N3O3S/c1-4-16-7-5-6-14(2)19(16)22(26(3,24)25)13-18(23)21-17-10-8-15(12-20)9-11-17/h5-11H,4,13H2,1-3H3,(H,21,23). The van der Waals surface area contributed by atoms with Gasteiger partial charge >= 0.3 is 0 Å². The van der Waals surface area contributed by atoms with Crippen molar-refractivity contribution in [1.82, 2.24) is 0 Å². The maximum absolute atomic E-state index is 12.4. The SMILES string of the molecule is CCc1cccc(C)c1N(CC(=O)Nc1ccc(C#N)cc1)S(C)(=O)=O. The molecule has 1 amide bonds. The fourth-order valence-electron chi connectivity index (χ4n) is 2.68. The van der Waals surface area contributed by atoms with E-state index in [1.807, 2.05) is 38.1 Å². The summed E-state index contributed by atoms with van der Waals surface area (Å²) in [5, 5.41) is 11.5. The van der Waals surface area contributed by atoms with Crippen LogP contribution in [0.1, 0.15) is 23.6 Å². The highest BCUT2D eigenvalue weighted by atomic mass is 32.2. The molecule has 0 unspecified atom stereocenters. The molecule has 1 N–H and O–H groups in total. The number of carbonyl (C=O) groups is 1. The van der Waals surface area contributed by atoms with Crippen LogP contribution in [0, 0.1) is 18.3 Å². The molecule has 6 nitrogen and oxygen atoms in total. The number of nitrogens with one attached hydrogen (secondary N) is 1.